The number of nitrogens with zero attached hydrogens (tertiary/aromatic N) is 4. The molecule has 0 saturated carbocycles. The molecule has 0 radical (unpaired) electrons. The summed E-state index contributed by atoms with van der Waals surface area (Å²) in [5.74, 6) is 0.289. The summed E-state index contributed by atoms with van der Waals surface area (Å²) in [6, 6.07) is -0.481. The van der Waals surface area contributed by atoms with Crippen LogP contribution in [-0.2, 0) is 0 Å². The van der Waals surface area contributed by atoms with Gasteiger partial charge in [0.25, 0.3) is 0 Å². The quantitative estimate of drug-likeness (QED) is 0.474. The van der Waals surface area contributed by atoms with Gasteiger partial charge in [0, 0.05) is 13.1 Å². The lowest BCUT2D eigenvalue weighted by atomic mass is 10.0. The van der Waals surface area contributed by atoms with Gasteiger partial charge in [-0.3, -0.25) is 0 Å². The number of anilines is 1. The summed E-state index contributed by atoms with van der Waals surface area (Å²) in [5, 5.41) is 22.9. The van der Waals surface area contributed by atoms with E-state index in [9.17, 15) is 10.2 Å². The van der Waals surface area contributed by atoms with Crippen molar-refractivity contribution in [2.75, 3.05) is 18.8 Å². The molecule has 1 fully saturated rings. The highest BCUT2D eigenvalue weighted by Gasteiger charge is 2.33. The standard InChI is InChI=1S/C10H14N6O2/c11-9-7-10(14-3-13-9)16(4-15-7)8-5(17)1-12-2-6(8)18/h3-6,8,12,17-18H,1-2H2,(H2,11,13,14)/t5-,6+,8?. The van der Waals surface area contributed by atoms with Crippen LogP contribution in [0.15, 0.2) is 12.7 Å². The normalized spacial score (nSPS) is 28.7. The Balaban J connectivity index is 2.11. The van der Waals surface area contributed by atoms with Crippen molar-refractivity contribution in [3.05, 3.63) is 12.7 Å². The zero-order valence-electron chi connectivity index (χ0n) is 9.56. The first-order valence-electron chi connectivity index (χ1n) is 5.68. The molecule has 1 unspecified atom stereocenters. The molecule has 0 spiro atoms. The Hall–Kier alpha value is -1.77. The van der Waals surface area contributed by atoms with Crippen LogP contribution in [0.5, 0.6) is 0 Å². The zero-order valence-corrected chi connectivity index (χ0v) is 9.56. The van der Waals surface area contributed by atoms with Gasteiger partial charge in [0.2, 0.25) is 0 Å². The van der Waals surface area contributed by atoms with Gasteiger partial charge in [0.15, 0.2) is 11.5 Å². The average molecular weight is 250 g/mol. The third-order valence-corrected chi connectivity index (χ3v) is 3.20. The van der Waals surface area contributed by atoms with E-state index in [1.807, 2.05) is 0 Å². The van der Waals surface area contributed by atoms with Crippen LogP contribution in [0, 0.1) is 0 Å². The molecule has 18 heavy (non-hydrogen) atoms. The van der Waals surface area contributed by atoms with Crippen molar-refractivity contribution in [1.82, 2.24) is 24.8 Å². The SMILES string of the molecule is Nc1ncnc2c1ncn2C1[C@H](O)CNC[C@@H]1O. The van der Waals surface area contributed by atoms with Gasteiger partial charge < -0.3 is 25.8 Å². The minimum absolute atomic E-state index is 0.289. The lowest BCUT2D eigenvalue weighted by Crippen LogP contribution is -2.50. The fraction of sp³-hybridized carbons (Fsp3) is 0.500. The summed E-state index contributed by atoms with van der Waals surface area (Å²) in [4.78, 5) is 12.1. The fourth-order valence-electron chi connectivity index (χ4n) is 2.34. The Labute approximate surface area is 102 Å². The third-order valence-electron chi connectivity index (χ3n) is 3.20. The highest BCUT2D eigenvalue weighted by molar-refractivity contribution is 5.81. The molecule has 2 aromatic heterocycles. The smallest absolute Gasteiger partial charge is 0.165 e. The first-order valence-corrected chi connectivity index (χ1v) is 5.68. The maximum atomic E-state index is 9.99. The maximum absolute atomic E-state index is 9.99. The summed E-state index contributed by atoms with van der Waals surface area (Å²) < 4.78 is 1.66. The van der Waals surface area contributed by atoms with Crippen LogP contribution in [-0.4, -0.2) is 55.0 Å². The van der Waals surface area contributed by atoms with Crippen LogP contribution < -0.4 is 11.1 Å². The van der Waals surface area contributed by atoms with Crippen molar-refractivity contribution >= 4 is 17.0 Å². The fourth-order valence-corrected chi connectivity index (χ4v) is 2.34. The van der Waals surface area contributed by atoms with Gasteiger partial charge in [-0.2, -0.15) is 0 Å². The number of aliphatic hydroxyl groups is 2. The van der Waals surface area contributed by atoms with Crippen LogP contribution in [0.2, 0.25) is 0 Å². The average Bonchev–Trinajstić information content (AvgIpc) is 2.75. The molecule has 3 heterocycles. The summed E-state index contributed by atoms with van der Waals surface area (Å²) in [7, 11) is 0. The molecule has 1 aliphatic heterocycles. The molecule has 8 heteroatoms. The molecule has 0 aromatic carbocycles. The molecule has 1 aliphatic rings. The lowest BCUT2D eigenvalue weighted by Gasteiger charge is -2.33. The molecule has 0 aliphatic carbocycles. The Morgan fingerprint density at radius 3 is 2.67 bits per heavy atom. The zero-order chi connectivity index (χ0) is 12.7. The van der Waals surface area contributed by atoms with Gasteiger partial charge >= 0.3 is 0 Å². The van der Waals surface area contributed by atoms with Crippen LogP contribution in [0.1, 0.15) is 6.04 Å². The van der Waals surface area contributed by atoms with Crippen molar-refractivity contribution in [2.24, 2.45) is 0 Å². The van der Waals surface area contributed by atoms with E-state index in [-0.39, 0.29) is 5.82 Å². The van der Waals surface area contributed by atoms with Crippen LogP contribution in [0.25, 0.3) is 11.2 Å². The van der Waals surface area contributed by atoms with Gasteiger partial charge in [0.05, 0.1) is 24.6 Å². The summed E-state index contributed by atoms with van der Waals surface area (Å²) in [6.07, 6.45) is 1.46. The van der Waals surface area contributed by atoms with Crippen LogP contribution >= 0.6 is 0 Å². The molecule has 0 amide bonds. The van der Waals surface area contributed by atoms with E-state index in [1.165, 1.54) is 12.7 Å². The van der Waals surface area contributed by atoms with Gasteiger partial charge in [-0.05, 0) is 0 Å². The van der Waals surface area contributed by atoms with Crippen molar-refractivity contribution in [2.45, 2.75) is 18.2 Å². The Bertz CT molecular complexity index is 560. The van der Waals surface area contributed by atoms with E-state index in [4.69, 9.17) is 5.73 Å². The Morgan fingerprint density at radius 1 is 1.22 bits per heavy atom. The van der Waals surface area contributed by atoms with E-state index >= 15 is 0 Å². The molecule has 1 saturated heterocycles. The van der Waals surface area contributed by atoms with E-state index in [0.29, 0.717) is 24.3 Å². The maximum Gasteiger partial charge on any atom is 0.165 e. The van der Waals surface area contributed by atoms with Gasteiger partial charge in [-0.25, -0.2) is 15.0 Å². The van der Waals surface area contributed by atoms with E-state index in [1.54, 1.807) is 4.57 Å². The molecule has 3 atom stereocenters. The number of β-amino-alcohol motifs (C(OH)–C–C–N with tert-alkyl or cyclic N) is 2. The molecule has 5 N–H and O–H groups in total. The topological polar surface area (TPSA) is 122 Å². The number of nitrogens with one attached hydrogen (secondary N) is 1. The molecule has 0 bridgehead atoms. The second kappa shape index (κ2) is 4.16. The summed E-state index contributed by atoms with van der Waals surface area (Å²) >= 11 is 0. The highest BCUT2D eigenvalue weighted by Crippen LogP contribution is 2.25. The van der Waals surface area contributed by atoms with Gasteiger partial charge in [-0.15, -0.1) is 0 Å². The number of rotatable bonds is 1. The van der Waals surface area contributed by atoms with E-state index in [2.05, 4.69) is 20.3 Å². The van der Waals surface area contributed by atoms with Crippen LogP contribution in [0.4, 0.5) is 5.82 Å². The number of aliphatic hydroxyl groups excluding tert-OH is 2. The van der Waals surface area contributed by atoms with Gasteiger partial charge in [0.1, 0.15) is 11.8 Å². The number of fused-ring (bicyclic) bond motifs is 1. The number of nitrogens with two attached hydrogens (primary N) is 1. The summed E-state index contributed by atoms with van der Waals surface area (Å²) in [6.45, 7) is 0.837. The summed E-state index contributed by atoms with van der Waals surface area (Å²) in [5.41, 5.74) is 6.71. The largest absolute Gasteiger partial charge is 0.390 e. The van der Waals surface area contributed by atoms with Crippen molar-refractivity contribution in [3.63, 3.8) is 0 Å². The number of piperidine rings is 1. The Kier molecular flexibility index (Phi) is 2.62. The van der Waals surface area contributed by atoms with Crippen molar-refractivity contribution in [3.8, 4) is 0 Å². The van der Waals surface area contributed by atoms with Crippen molar-refractivity contribution < 1.29 is 10.2 Å². The number of nitrogen functional groups attached to an aromatic ring is 1. The Morgan fingerprint density at radius 2 is 1.94 bits per heavy atom. The number of hydrogen-bond acceptors (Lipinski definition) is 7. The van der Waals surface area contributed by atoms with E-state index in [0.717, 1.165) is 0 Å². The highest BCUT2D eigenvalue weighted by atomic mass is 16.3. The first-order chi connectivity index (χ1) is 8.68. The number of hydrogen-bond donors (Lipinski definition) is 4. The minimum Gasteiger partial charge on any atom is -0.390 e. The molecular weight excluding hydrogens is 236 g/mol. The molecular formula is C10H14N6O2. The van der Waals surface area contributed by atoms with E-state index < -0.39 is 18.2 Å². The predicted octanol–water partition coefficient (Wildman–Crippen LogP) is -1.73. The predicted molar refractivity (Wildman–Crippen MR) is 63.7 cm³/mol. The third kappa shape index (κ3) is 1.62. The second-order valence-corrected chi connectivity index (χ2v) is 4.37. The van der Waals surface area contributed by atoms with Crippen molar-refractivity contribution in [1.29, 1.82) is 0 Å². The number of imidazole rings is 1. The van der Waals surface area contributed by atoms with Gasteiger partial charge in [-0.1, -0.05) is 0 Å². The monoisotopic (exact) mass is 250 g/mol. The molecule has 3 rings (SSSR count). The second-order valence-electron chi connectivity index (χ2n) is 4.37. The van der Waals surface area contributed by atoms with Crippen LogP contribution in [0.3, 0.4) is 0 Å². The molecule has 96 valence electrons. The minimum atomic E-state index is -0.706. The lowest BCUT2D eigenvalue weighted by molar-refractivity contribution is -0.00250. The molecule has 8 nitrogen and oxygen atoms in total. The number of aromatic nitrogens is 4. The first kappa shape index (κ1) is 11.3. The molecule has 2 aromatic rings.